The van der Waals surface area contributed by atoms with E-state index in [1.165, 1.54) is 0 Å². The summed E-state index contributed by atoms with van der Waals surface area (Å²) < 4.78 is 34.1. The van der Waals surface area contributed by atoms with Gasteiger partial charge in [0.2, 0.25) is 0 Å². The van der Waals surface area contributed by atoms with Gasteiger partial charge in [-0.15, -0.1) is 0 Å². The van der Waals surface area contributed by atoms with E-state index in [4.69, 9.17) is 17.5 Å². The van der Waals surface area contributed by atoms with Crippen molar-refractivity contribution in [1.29, 1.82) is 0 Å². The van der Waals surface area contributed by atoms with Crippen LogP contribution < -0.4 is 0 Å². The minimum atomic E-state index is -5.17. The zero-order valence-electron chi connectivity index (χ0n) is 3.77. The fraction of sp³-hybridized carbons (Fsp3) is 0. The Labute approximate surface area is 87.5 Å². The van der Waals surface area contributed by atoms with Crippen LogP contribution in [0.15, 0.2) is 0 Å². The molecular formula is HAlCaO5S-. The van der Waals surface area contributed by atoms with Crippen molar-refractivity contribution in [3.8, 4) is 0 Å². The Morgan fingerprint density at radius 1 is 1.12 bits per heavy atom. The molecule has 0 bridgehead atoms. The summed E-state index contributed by atoms with van der Waals surface area (Å²) >= 11 is 0. The molecule has 1 N–H and O–H groups in total. The molecule has 5 nitrogen and oxygen atoms in total. The van der Waals surface area contributed by atoms with Gasteiger partial charge in [0.25, 0.3) is 0 Å². The quantitative estimate of drug-likeness (QED) is 0.237. The van der Waals surface area contributed by atoms with Gasteiger partial charge in [0.1, 0.15) is 0 Å². The average Bonchev–Trinajstić information content (AvgIpc) is 0.722. The molecule has 0 heterocycles. The summed E-state index contributed by atoms with van der Waals surface area (Å²) in [6.45, 7) is 0. The van der Waals surface area contributed by atoms with Gasteiger partial charge >= 0.3 is 37.7 Å². The first-order valence-corrected chi connectivity index (χ1v) is 2.00. The molecule has 0 amide bonds. The maximum Gasteiger partial charge on any atom is 2.00 e. The third-order valence-corrected chi connectivity index (χ3v) is 0. The summed E-state index contributed by atoms with van der Waals surface area (Å²) in [6, 6.07) is 0. The Kier molecular flexibility index (Phi) is 24.4. The molecule has 0 unspecified atom stereocenters. The van der Waals surface area contributed by atoms with Gasteiger partial charge in [-0.25, -0.2) is 0 Å². The second kappa shape index (κ2) is 8.62. The van der Waals surface area contributed by atoms with E-state index in [1.807, 2.05) is 0 Å². The van der Waals surface area contributed by atoms with Gasteiger partial charge < -0.3 is 14.6 Å². The van der Waals surface area contributed by atoms with E-state index in [1.54, 1.807) is 0 Å². The van der Waals surface area contributed by atoms with Gasteiger partial charge in [-0.1, -0.05) is 0 Å². The molecule has 0 aromatic heterocycles. The second-order valence-corrected chi connectivity index (χ2v) is 1.22. The summed E-state index contributed by atoms with van der Waals surface area (Å²) in [7, 11) is -5.17. The summed E-state index contributed by atoms with van der Waals surface area (Å²) in [5.41, 5.74) is 0. The molecule has 43 valence electrons. The van der Waals surface area contributed by atoms with Crippen molar-refractivity contribution in [2.45, 2.75) is 0 Å². The van der Waals surface area contributed by atoms with Crippen molar-refractivity contribution in [3.05, 3.63) is 0 Å². The van der Waals surface area contributed by atoms with Gasteiger partial charge in [-0.05, 0) is 0 Å². The van der Waals surface area contributed by atoms with Crippen LogP contribution in [-0.2, 0) is 10.4 Å². The van der Waals surface area contributed by atoms with Crippen LogP contribution in [-0.4, -0.2) is 78.1 Å². The minimum absolute atomic E-state index is 0. The van der Waals surface area contributed by atoms with Crippen molar-refractivity contribution in [1.82, 2.24) is 0 Å². The van der Waals surface area contributed by atoms with Crippen LogP contribution in [0.4, 0.5) is 0 Å². The largest absolute Gasteiger partial charge is 2.00 e. The molecule has 8 heavy (non-hydrogen) atoms. The summed E-state index contributed by atoms with van der Waals surface area (Å²) in [5.74, 6) is 0. The van der Waals surface area contributed by atoms with Gasteiger partial charge in [0.05, 0.1) is 0 Å². The molecule has 3 radical (unpaired) electrons. The Balaban J connectivity index is -0.0000000267. The Morgan fingerprint density at radius 2 is 1.12 bits per heavy atom. The van der Waals surface area contributed by atoms with Crippen LogP contribution >= 0.6 is 0 Å². The maximum absolute atomic E-state index is 8.52. The van der Waals surface area contributed by atoms with E-state index < -0.39 is 10.4 Å². The predicted molar refractivity (Wildman–Crippen MR) is 23.9 cm³/mol. The zero-order valence-corrected chi connectivity index (χ0v) is 7.95. The van der Waals surface area contributed by atoms with E-state index in [0.717, 1.165) is 0 Å². The van der Waals surface area contributed by atoms with Gasteiger partial charge in [0, 0.05) is 27.8 Å². The van der Waals surface area contributed by atoms with E-state index >= 15 is 0 Å². The summed E-state index contributed by atoms with van der Waals surface area (Å²) in [6.07, 6.45) is 0. The molecule has 0 saturated carbocycles. The first kappa shape index (κ1) is 22.6. The Morgan fingerprint density at radius 3 is 1.12 bits per heavy atom. The van der Waals surface area contributed by atoms with Crippen LogP contribution in [0.1, 0.15) is 0 Å². The molecule has 0 aromatic carbocycles. The molecule has 0 fully saturated rings. The monoisotopic (exact) mass is 180 g/mol. The third kappa shape index (κ3) is 127. The summed E-state index contributed by atoms with van der Waals surface area (Å²) in [5, 5.41) is 0. The molecule has 0 atom stereocenters. The van der Waals surface area contributed by atoms with Crippen LogP contribution in [0.5, 0.6) is 0 Å². The smallest absolute Gasteiger partial charge is 0.870 e. The number of rotatable bonds is 0. The Hall–Kier alpha value is 1.62. The van der Waals surface area contributed by atoms with Gasteiger partial charge in [-0.3, -0.25) is 8.42 Å². The molecule has 0 rings (SSSR count). The second-order valence-electron chi connectivity index (χ2n) is 0.408. The topological polar surface area (TPSA) is 110 Å². The maximum atomic E-state index is 8.52. The number of hydrogen-bond acceptors (Lipinski definition) is 5. The molecule has 0 spiro atoms. The molecule has 0 saturated heterocycles. The summed E-state index contributed by atoms with van der Waals surface area (Å²) in [4.78, 5) is 0. The van der Waals surface area contributed by atoms with Crippen LogP contribution in [0.3, 0.4) is 0 Å². The molecular weight excluding hydrogens is 179 g/mol. The SMILES string of the molecule is O=S(=O)([O-])[O-].[Al].[Ca+2].[OH-]. The Bertz CT molecular complexity index is 95.6. The predicted octanol–water partition coefficient (Wildman–Crippen LogP) is -2.28. The van der Waals surface area contributed by atoms with Gasteiger partial charge in [0.15, 0.2) is 0 Å². The zero-order chi connectivity index (χ0) is 4.50. The fourth-order valence-corrected chi connectivity index (χ4v) is 0. The number of hydrogen-bond donors (Lipinski definition) is 0. The standard InChI is InChI=1S/Al.Ca.H2O4S.H2O/c;;1-5(2,3)4;/h;;(H2,1,2,3,4);1H2/q;+2;;/p-3. The first-order chi connectivity index (χ1) is 2.00. The van der Waals surface area contributed by atoms with Crippen molar-refractivity contribution in [2.24, 2.45) is 0 Å². The van der Waals surface area contributed by atoms with Crippen LogP contribution in [0.2, 0.25) is 0 Å². The normalized spacial score (nSPS) is 7.25. The van der Waals surface area contributed by atoms with E-state index in [-0.39, 0.29) is 60.6 Å². The molecule has 0 aliphatic heterocycles. The fourth-order valence-electron chi connectivity index (χ4n) is 0. The minimum Gasteiger partial charge on any atom is -0.870 e. The van der Waals surface area contributed by atoms with Crippen molar-refractivity contribution in [2.75, 3.05) is 0 Å². The van der Waals surface area contributed by atoms with Crippen molar-refractivity contribution < 1.29 is 23.0 Å². The molecule has 0 aliphatic rings. The van der Waals surface area contributed by atoms with E-state index in [0.29, 0.717) is 0 Å². The average molecular weight is 180 g/mol. The van der Waals surface area contributed by atoms with Crippen molar-refractivity contribution >= 4 is 65.5 Å². The van der Waals surface area contributed by atoms with Crippen LogP contribution in [0, 0.1) is 0 Å². The van der Waals surface area contributed by atoms with Crippen molar-refractivity contribution in [3.63, 3.8) is 0 Å². The van der Waals surface area contributed by atoms with E-state index in [2.05, 4.69) is 0 Å². The van der Waals surface area contributed by atoms with E-state index in [9.17, 15) is 0 Å². The molecule has 0 aliphatic carbocycles. The first-order valence-electron chi connectivity index (χ1n) is 0.667. The molecule has 0 aromatic rings. The van der Waals surface area contributed by atoms with Crippen LogP contribution in [0.25, 0.3) is 0 Å². The third-order valence-electron chi connectivity index (χ3n) is 0. The van der Waals surface area contributed by atoms with Gasteiger partial charge in [-0.2, -0.15) is 0 Å². The molecule has 8 heteroatoms.